The summed E-state index contributed by atoms with van der Waals surface area (Å²) in [4.78, 5) is 11.1. The van der Waals surface area contributed by atoms with Crippen LogP contribution in [0.2, 0.25) is 0 Å². The van der Waals surface area contributed by atoms with Crippen LogP contribution in [-0.2, 0) is 6.42 Å². The Morgan fingerprint density at radius 1 is 0.955 bits per heavy atom. The zero-order valence-corrected chi connectivity index (χ0v) is 11.4. The van der Waals surface area contributed by atoms with Crippen LogP contribution in [0.15, 0.2) is 48.5 Å². The molecule has 0 bridgehead atoms. The number of nitrogens with zero attached hydrogens (tertiary/aromatic N) is 3. The molecule has 1 aromatic heterocycles. The molecule has 0 amide bonds. The molecule has 3 aromatic rings. The average molecular weight is 299 g/mol. The summed E-state index contributed by atoms with van der Waals surface area (Å²) in [6, 6.07) is 11.7. The SMILES string of the molecule is O=Cc1nnn(-c2ccc(F)cc2)c1Cc1ccc(F)cc1. The predicted molar refractivity (Wildman–Crippen MR) is 75.9 cm³/mol. The zero-order valence-electron chi connectivity index (χ0n) is 11.4. The third-order valence-electron chi connectivity index (χ3n) is 3.26. The lowest BCUT2D eigenvalue weighted by atomic mass is 10.1. The Bertz CT molecular complexity index is 795. The van der Waals surface area contributed by atoms with Crippen LogP contribution >= 0.6 is 0 Å². The van der Waals surface area contributed by atoms with E-state index in [4.69, 9.17) is 0 Å². The molecule has 2 aromatic carbocycles. The van der Waals surface area contributed by atoms with Gasteiger partial charge in [-0.1, -0.05) is 17.3 Å². The molecule has 0 atom stereocenters. The molecule has 0 saturated carbocycles. The summed E-state index contributed by atoms with van der Waals surface area (Å²) < 4.78 is 27.5. The van der Waals surface area contributed by atoms with Crippen LogP contribution in [-0.4, -0.2) is 21.3 Å². The van der Waals surface area contributed by atoms with Gasteiger partial charge in [0.2, 0.25) is 0 Å². The summed E-state index contributed by atoms with van der Waals surface area (Å²) in [6.45, 7) is 0. The Morgan fingerprint density at radius 2 is 1.55 bits per heavy atom. The molecule has 3 rings (SSSR count). The number of carbonyl (C=O) groups excluding carboxylic acids is 1. The van der Waals surface area contributed by atoms with Crippen LogP contribution < -0.4 is 0 Å². The average Bonchev–Trinajstić information content (AvgIpc) is 2.93. The molecule has 110 valence electrons. The molecule has 0 aliphatic carbocycles. The topological polar surface area (TPSA) is 47.8 Å². The standard InChI is InChI=1S/C16H11F2N3O/c17-12-3-1-11(2-4-12)9-16-15(10-22)19-20-21(16)14-7-5-13(18)6-8-14/h1-8,10H,9H2. The fourth-order valence-electron chi connectivity index (χ4n) is 2.16. The zero-order chi connectivity index (χ0) is 15.5. The monoisotopic (exact) mass is 299 g/mol. The van der Waals surface area contributed by atoms with E-state index in [9.17, 15) is 13.6 Å². The molecule has 0 saturated heterocycles. The van der Waals surface area contributed by atoms with Gasteiger partial charge in [0.15, 0.2) is 6.29 Å². The van der Waals surface area contributed by atoms with E-state index in [1.165, 1.54) is 28.9 Å². The molecular weight excluding hydrogens is 288 g/mol. The van der Waals surface area contributed by atoms with E-state index in [-0.39, 0.29) is 17.3 Å². The number of benzene rings is 2. The van der Waals surface area contributed by atoms with Crippen LogP contribution in [0.5, 0.6) is 0 Å². The van der Waals surface area contributed by atoms with E-state index < -0.39 is 0 Å². The van der Waals surface area contributed by atoms with Gasteiger partial charge in [-0.2, -0.15) is 0 Å². The number of aldehydes is 1. The highest BCUT2D eigenvalue weighted by Crippen LogP contribution is 2.17. The molecule has 22 heavy (non-hydrogen) atoms. The fraction of sp³-hybridized carbons (Fsp3) is 0.0625. The first-order valence-electron chi connectivity index (χ1n) is 6.57. The van der Waals surface area contributed by atoms with E-state index in [2.05, 4.69) is 10.3 Å². The molecule has 0 fully saturated rings. The summed E-state index contributed by atoms with van der Waals surface area (Å²) in [5.41, 5.74) is 2.18. The van der Waals surface area contributed by atoms with Crippen molar-refractivity contribution in [3.8, 4) is 5.69 Å². The van der Waals surface area contributed by atoms with Crippen LogP contribution in [0, 0.1) is 11.6 Å². The lowest BCUT2D eigenvalue weighted by Gasteiger charge is -2.07. The number of halogens is 2. The molecule has 6 heteroatoms. The maximum atomic E-state index is 13.0. The smallest absolute Gasteiger partial charge is 0.172 e. The molecule has 0 radical (unpaired) electrons. The number of hydrogen-bond donors (Lipinski definition) is 0. The maximum absolute atomic E-state index is 13.0. The summed E-state index contributed by atoms with van der Waals surface area (Å²) in [5, 5.41) is 7.76. The molecule has 4 nitrogen and oxygen atoms in total. The number of aromatic nitrogens is 3. The lowest BCUT2D eigenvalue weighted by Crippen LogP contribution is -2.05. The third kappa shape index (κ3) is 2.76. The van der Waals surface area contributed by atoms with Gasteiger partial charge in [0.25, 0.3) is 0 Å². The van der Waals surface area contributed by atoms with Crippen molar-refractivity contribution in [2.24, 2.45) is 0 Å². The lowest BCUT2D eigenvalue weighted by molar-refractivity contribution is 0.111. The second kappa shape index (κ2) is 5.85. The molecular formula is C16H11F2N3O. The van der Waals surface area contributed by atoms with Crippen LogP contribution in [0.4, 0.5) is 8.78 Å². The van der Waals surface area contributed by atoms with E-state index >= 15 is 0 Å². The third-order valence-corrected chi connectivity index (χ3v) is 3.26. The highest BCUT2D eigenvalue weighted by Gasteiger charge is 2.14. The Kier molecular flexibility index (Phi) is 3.74. The molecule has 1 heterocycles. The van der Waals surface area contributed by atoms with Crippen molar-refractivity contribution in [2.75, 3.05) is 0 Å². The van der Waals surface area contributed by atoms with Gasteiger partial charge in [-0.3, -0.25) is 4.79 Å². The van der Waals surface area contributed by atoms with Gasteiger partial charge >= 0.3 is 0 Å². The van der Waals surface area contributed by atoms with Gasteiger partial charge in [-0.25, -0.2) is 13.5 Å². The molecule has 0 spiro atoms. The quantitative estimate of drug-likeness (QED) is 0.696. The predicted octanol–water partition coefficient (Wildman–Crippen LogP) is 2.95. The minimum atomic E-state index is -0.362. The van der Waals surface area contributed by atoms with Crippen LogP contribution in [0.1, 0.15) is 21.7 Å². The first-order valence-corrected chi connectivity index (χ1v) is 6.57. The highest BCUT2D eigenvalue weighted by molar-refractivity contribution is 5.73. The summed E-state index contributed by atoms with van der Waals surface area (Å²) >= 11 is 0. The number of hydrogen-bond acceptors (Lipinski definition) is 3. The van der Waals surface area contributed by atoms with Gasteiger partial charge in [0.1, 0.15) is 17.3 Å². The van der Waals surface area contributed by atoms with Gasteiger partial charge < -0.3 is 0 Å². The van der Waals surface area contributed by atoms with E-state index in [0.717, 1.165) is 5.56 Å². The van der Waals surface area contributed by atoms with E-state index in [0.29, 0.717) is 24.1 Å². The maximum Gasteiger partial charge on any atom is 0.172 e. The van der Waals surface area contributed by atoms with Crippen molar-refractivity contribution in [2.45, 2.75) is 6.42 Å². The second-order valence-electron chi connectivity index (χ2n) is 4.73. The first-order chi connectivity index (χ1) is 10.7. The molecule has 0 aliphatic heterocycles. The van der Waals surface area contributed by atoms with E-state index in [1.54, 1.807) is 24.3 Å². The van der Waals surface area contributed by atoms with Crippen molar-refractivity contribution in [1.82, 2.24) is 15.0 Å². The first kappa shape index (κ1) is 14.1. The van der Waals surface area contributed by atoms with Crippen molar-refractivity contribution in [1.29, 1.82) is 0 Å². The minimum Gasteiger partial charge on any atom is -0.296 e. The summed E-state index contributed by atoms with van der Waals surface area (Å²) in [5.74, 6) is -0.691. The van der Waals surface area contributed by atoms with Gasteiger partial charge in [0.05, 0.1) is 11.4 Å². The van der Waals surface area contributed by atoms with Gasteiger partial charge in [-0.05, 0) is 42.0 Å². The normalized spacial score (nSPS) is 10.6. The minimum absolute atomic E-state index is 0.202. The van der Waals surface area contributed by atoms with Gasteiger partial charge in [-0.15, -0.1) is 5.10 Å². The number of rotatable bonds is 4. The molecule has 0 aliphatic rings. The molecule has 0 N–H and O–H groups in total. The Balaban J connectivity index is 2.01. The Labute approximate surface area is 125 Å². The van der Waals surface area contributed by atoms with Crippen molar-refractivity contribution in [3.63, 3.8) is 0 Å². The van der Waals surface area contributed by atoms with Crippen molar-refractivity contribution < 1.29 is 13.6 Å². The van der Waals surface area contributed by atoms with Gasteiger partial charge in [0, 0.05) is 6.42 Å². The Morgan fingerprint density at radius 3 is 2.14 bits per heavy atom. The van der Waals surface area contributed by atoms with Crippen LogP contribution in [0.25, 0.3) is 5.69 Å². The van der Waals surface area contributed by atoms with Crippen molar-refractivity contribution >= 4 is 6.29 Å². The van der Waals surface area contributed by atoms with E-state index in [1.807, 2.05) is 0 Å². The van der Waals surface area contributed by atoms with Crippen molar-refractivity contribution in [3.05, 3.63) is 77.1 Å². The second-order valence-corrected chi connectivity index (χ2v) is 4.73. The number of carbonyl (C=O) groups is 1. The molecule has 0 unspecified atom stereocenters. The highest BCUT2D eigenvalue weighted by atomic mass is 19.1. The fourth-order valence-corrected chi connectivity index (χ4v) is 2.16. The summed E-state index contributed by atoms with van der Waals surface area (Å²) in [7, 11) is 0. The largest absolute Gasteiger partial charge is 0.296 e. The summed E-state index contributed by atoms with van der Waals surface area (Å²) in [6.07, 6.45) is 0.977. The van der Waals surface area contributed by atoms with Crippen LogP contribution in [0.3, 0.4) is 0 Å². The Hall–Kier alpha value is -2.89.